The molecule has 0 saturated carbocycles. The summed E-state index contributed by atoms with van der Waals surface area (Å²) in [6.45, 7) is 0.795. The number of anilines is 2. The van der Waals surface area contributed by atoms with Gasteiger partial charge >= 0.3 is 11.9 Å². The van der Waals surface area contributed by atoms with E-state index in [2.05, 4.69) is 5.32 Å². The molecule has 1 amide bonds. The lowest BCUT2D eigenvalue weighted by atomic mass is 10.1. The molecule has 1 atom stereocenters. The van der Waals surface area contributed by atoms with E-state index in [1.807, 2.05) is 30.3 Å². The van der Waals surface area contributed by atoms with Crippen LogP contribution in [0.4, 0.5) is 11.4 Å². The standard InChI is InChI=1S/C28H28N2O7/c31-25(32)14-7-16-30-18-24(28(34)35)37-26-21(11-6-12-22(26)30)29-27(33)20-10-4-5-13-23(20)36-17-15-19-8-2-1-3-9-19/h1-6,8-13,24H,7,14-18H2,(H,29,33)(H,31,32)(H,34,35). The van der Waals surface area contributed by atoms with Gasteiger partial charge in [-0.1, -0.05) is 48.5 Å². The first-order valence-electron chi connectivity index (χ1n) is 12.0. The highest BCUT2D eigenvalue weighted by Crippen LogP contribution is 2.40. The van der Waals surface area contributed by atoms with Crippen molar-refractivity contribution in [2.24, 2.45) is 0 Å². The van der Waals surface area contributed by atoms with Gasteiger partial charge in [0.1, 0.15) is 5.75 Å². The Labute approximate surface area is 214 Å². The topological polar surface area (TPSA) is 125 Å². The highest BCUT2D eigenvalue weighted by Gasteiger charge is 2.32. The summed E-state index contributed by atoms with van der Waals surface area (Å²) in [4.78, 5) is 37.7. The van der Waals surface area contributed by atoms with Gasteiger partial charge in [0.25, 0.3) is 5.91 Å². The number of benzene rings is 3. The van der Waals surface area contributed by atoms with Crippen LogP contribution in [0.25, 0.3) is 0 Å². The van der Waals surface area contributed by atoms with Crippen molar-refractivity contribution in [2.45, 2.75) is 25.4 Å². The summed E-state index contributed by atoms with van der Waals surface area (Å²) in [7, 11) is 0. The number of aliphatic carboxylic acids is 2. The van der Waals surface area contributed by atoms with Crippen LogP contribution < -0.4 is 19.7 Å². The number of nitrogens with zero attached hydrogens (tertiary/aromatic N) is 1. The number of carboxylic acids is 2. The maximum Gasteiger partial charge on any atom is 0.346 e. The van der Waals surface area contributed by atoms with Crippen LogP contribution in [0, 0.1) is 0 Å². The molecule has 1 heterocycles. The SMILES string of the molecule is O=C(O)CCCN1CC(C(=O)O)Oc2c(NC(=O)c3ccccc3OCCc3ccccc3)cccc21. The highest BCUT2D eigenvalue weighted by atomic mass is 16.5. The van der Waals surface area contributed by atoms with Crippen LogP contribution >= 0.6 is 0 Å². The molecule has 1 unspecified atom stereocenters. The number of carbonyl (C=O) groups is 3. The predicted molar refractivity (Wildman–Crippen MR) is 138 cm³/mol. The molecule has 0 saturated heterocycles. The average molecular weight is 505 g/mol. The largest absolute Gasteiger partial charge is 0.492 e. The van der Waals surface area contributed by atoms with Crippen molar-refractivity contribution in [3.63, 3.8) is 0 Å². The van der Waals surface area contributed by atoms with E-state index in [1.165, 1.54) is 0 Å². The molecule has 1 aliphatic rings. The molecule has 0 radical (unpaired) electrons. The number of hydrogen-bond acceptors (Lipinski definition) is 6. The smallest absolute Gasteiger partial charge is 0.346 e. The molecule has 1 aliphatic heterocycles. The number of amides is 1. The van der Waals surface area contributed by atoms with Gasteiger partial charge in [0.15, 0.2) is 5.75 Å². The maximum atomic E-state index is 13.3. The average Bonchev–Trinajstić information content (AvgIpc) is 2.89. The van der Waals surface area contributed by atoms with Gasteiger partial charge in [-0.25, -0.2) is 4.79 Å². The van der Waals surface area contributed by atoms with Crippen molar-refractivity contribution in [2.75, 3.05) is 29.9 Å². The summed E-state index contributed by atoms with van der Waals surface area (Å²) in [5, 5.41) is 21.4. The van der Waals surface area contributed by atoms with Gasteiger partial charge in [-0.3, -0.25) is 9.59 Å². The Morgan fingerprint density at radius 3 is 2.49 bits per heavy atom. The van der Waals surface area contributed by atoms with E-state index in [4.69, 9.17) is 14.6 Å². The Hall–Kier alpha value is -4.53. The number of ether oxygens (including phenoxy) is 2. The van der Waals surface area contributed by atoms with Crippen LogP contribution in [0.2, 0.25) is 0 Å². The Morgan fingerprint density at radius 2 is 1.73 bits per heavy atom. The van der Waals surface area contributed by atoms with Gasteiger partial charge < -0.3 is 29.9 Å². The molecule has 4 rings (SSSR count). The molecule has 192 valence electrons. The minimum atomic E-state index is -1.16. The van der Waals surface area contributed by atoms with Crippen molar-refractivity contribution >= 4 is 29.2 Å². The molecule has 9 heteroatoms. The van der Waals surface area contributed by atoms with Crippen LogP contribution in [0.15, 0.2) is 72.8 Å². The number of carbonyl (C=O) groups excluding carboxylic acids is 1. The molecule has 0 fully saturated rings. The summed E-state index contributed by atoms with van der Waals surface area (Å²) in [6, 6.07) is 21.9. The fourth-order valence-corrected chi connectivity index (χ4v) is 4.13. The van der Waals surface area contributed by atoms with Gasteiger partial charge in [0, 0.05) is 19.4 Å². The van der Waals surface area contributed by atoms with Crippen LogP contribution in [0.3, 0.4) is 0 Å². The third-order valence-electron chi connectivity index (χ3n) is 5.95. The second-order valence-corrected chi connectivity index (χ2v) is 8.58. The summed E-state index contributed by atoms with van der Waals surface area (Å²) in [5.74, 6) is -1.84. The molecule has 37 heavy (non-hydrogen) atoms. The Morgan fingerprint density at radius 1 is 0.973 bits per heavy atom. The van der Waals surface area contributed by atoms with E-state index in [0.717, 1.165) is 5.56 Å². The van der Waals surface area contributed by atoms with E-state index in [1.54, 1.807) is 47.4 Å². The van der Waals surface area contributed by atoms with Crippen molar-refractivity contribution in [1.29, 1.82) is 0 Å². The van der Waals surface area contributed by atoms with Gasteiger partial charge in [-0.05, 0) is 36.2 Å². The lowest BCUT2D eigenvalue weighted by Crippen LogP contribution is -2.45. The van der Waals surface area contributed by atoms with Crippen LogP contribution in [-0.2, 0) is 16.0 Å². The summed E-state index contributed by atoms with van der Waals surface area (Å²) in [6.07, 6.45) is -0.178. The van der Waals surface area contributed by atoms with Gasteiger partial charge in [-0.2, -0.15) is 0 Å². The third-order valence-corrected chi connectivity index (χ3v) is 5.95. The van der Waals surface area contributed by atoms with Crippen molar-refractivity contribution < 1.29 is 34.1 Å². The Balaban J connectivity index is 1.51. The Bertz CT molecular complexity index is 1260. The summed E-state index contributed by atoms with van der Waals surface area (Å²) < 4.78 is 11.7. The number of hydrogen-bond donors (Lipinski definition) is 3. The van der Waals surface area contributed by atoms with Crippen molar-refractivity contribution in [3.05, 3.63) is 83.9 Å². The first kappa shape index (κ1) is 25.6. The third kappa shape index (κ3) is 6.58. The first-order valence-corrected chi connectivity index (χ1v) is 12.0. The van der Waals surface area contributed by atoms with E-state index < -0.39 is 23.9 Å². The molecular formula is C28H28N2O7. The summed E-state index contributed by atoms with van der Waals surface area (Å²) >= 11 is 0. The number of carboxylic acid groups (broad SMARTS) is 2. The molecule has 3 aromatic carbocycles. The minimum Gasteiger partial charge on any atom is -0.492 e. The second kappa shape index (κ2) is 11.9. The van der Waals surface area contributed by atoms with Crippen LogP contribution in [0.1, 0.15) is 28.8 Å². The summed E-state index contributed by atoms with van der Waals surface area (Å²) in [5.41, 5.74) is 2.36. The molecule has 0 aromatic heterocycles. The monoisotopic (exact) mass is 504 g/mol. The molecule has 3 aromatic rings. The van der Waals surface area contributed by atoms with E-state index in [-0.39, 0.29) is 18.7 Å². The van der Waals surface area contributed by atoms with Crippen molar-refractivity contribution in [3.8, 4) is 11.5 Å². The molecule has 9 nitrogen and oxygen atoms in total. The predicted octanol–water partition coefficient (Wildman–Crippen LogP) is 4.08. The zero-order chi connectivity index (χ0) is 26.2. The number of fused-ring (bicyclic) bond motifs is 1. The minimum absolute atomic E-state index is 0.0398. The van der Waals surface area contributed by atoms with Crippen LogP contribution in [-0.4, -0.2) is 53.9 Å². The van der Waals surface area contributed by atoms with E-state index in [9.17, 15) is 19.5 Å². The van der Waals surface area contributed by atoms with Gasteiger partial charge in [0.2, 0.25) is 6.10 Å². The molecule has 0 aliphatic carbocycles. The fraction of sp³-hybridized carbons (Fsp3) is 0.250. The Kier molecular flexibility index (Phi) is 8.25. The molecule has 0 spiro atoms. The number of nitrogens with one attached hydrogen (secondary N) is 1. The highest BCUT2D eigenvalue weighted by molar-refractivity contribution is 6.07. The lowest BCUT2D eigenvalue weighted by Gasteiger charge is -2.35. The number of rotatable bonds is 11. The van der Waals surface area contributed by atoms with E-state index >= 15 is 0 Å². The first-order chi connectivity index (χ1) is 17.9. The normalized spacial score (nSPS) is 14.3. The zero-order valence-electron chi connectivity index (χ0n) is 20.1. The lowest BCUT2D eigenvalue weighted by molar-refractivity contribution is -0.145. The second-order valence-electron chi connectivity index (χ2n) is 8.58. The maximum absolute atomic E-state index is 13.3. The van der Waals surface area contributed by atoms with E-state index in [0.29, 0.717) is 48.7 Å². The molecule has 0 bridgehead atoms. The molecule has 3 N–H and O–H groups in total. The quantitative estimate of drug-likeness (QED) is 0.357. The van der Waals surface area contributed by atoms with Gasteiger partial charge in [-0.15, -0.1) is 0 Å². The zero-order valence-corrected chi connectivity index (χ0v) is 20.1. The van der Waals surface area contributed by atoms with Crippen LogP contribution in [0.5, 0.6) is 11.5 Å². The van der Waals surface area contributed by atoms with Gasteiger partial charge in [0.05, 0.1) is 30.1 Å². The number of para-hydroxylation sites is 2. The molecular weight excluding hydrogens is 476 g/mol. The van der Waals surface area contributed by atoms with Crippen molar-refractivity contribution in [1.82, 2.24) is 0 Å². The fourth-order valence-electron chi connectivity index (χ4n) is 4.13.